The summed E-state index contributed by atoms with van der Waals surface area (Å²) < 4.78 is 11.2. The maximum atomic E-state index is 6.32. The van der Waals surface area contributed by atoms with Crippen LogP contribution in [0.4, 0.5) is 0 Å². The van der Waals surface area contributed by atoms with Crippen molar-refractivity contribution in [3.8, 4) is 55.9 Å². The quantitative estimate of drug-likeness (QED) is 0.164. The molecule has 0 fully saturated rings. The maximum absolute atomic E-state index is 6.32. The predicted molar refractivity (Wildman–Crippen MR) is 264 cm³/mol. The number of hydrogen-bond donors (Lipinski definition) is 0. The van der Waals surface area contributed by atoms with Gasteiger partial charge in [0.25, 0.3) is 0 Å². The van der Waals surface area contributed by atoms with Crippen molar-refractivity contribution in [3.05, 3.63) is 231 Å². The van der Waals surface area contributed by atoms with Crippen molar-refractivity contribution in [3.63, 3.8) is 0 Å². The molecule has 0 bridgehead atoms. The van der Waals surface area contributed by atoms with Crippen molar-refractivity contribution in [2.75, 3.05) is 0 Å². The number of furan rings is 1. The Balaban J connectivity index is 1.10. The lowest BCUT2D eigenvalue weighted by Gasteiger charge is -2.15. The number of fused-ring (bicyclic) bond motifs is 9. The molecule has 0 aliphatic heterocycles. The third kappa shape index (κ3) is 5.60. The molecule has 3 aromatic heterocycles. The zero-order valence-corrected chi connectivity index (χ0v) is 34.2. The van der Waals surface area contributed by atoms with E-state index in [-0.39, 0.29) is 0 Å². The van der Waals surface area contributed by atoms with E-state index in [0.717, 1.165) is 55.6 Å². The number of hydrogen-bond acceptors (Lipinski definition) is 1. The van der Waals surface area contributed by atoms with Gasteiger partial charge in [-0.05, 0) is 118 Å². The van der Waals surface area contributed by atoms with Crippen LogP contribution in [0, 0.1) is 0 Å². The van der Waals surface area contributed by atoms with Crippen LogP contribution in [0.5, 0.6) is 0 Å². The number of para-hydroxylation sites is 5. The summed E-state index contributed by atoms with van der Waals surface area (Å²) in [5, 5.41) is 7.15. The molecule has 0 spiro atoms. The van der Waals surface area contributed by atoms with Crippen molar-refractivity contribution in [1.29, 1.82) is 0 Å². The van der Waals surface area contributed by atoms with Crippen molar-refractivity contribution < 1.29 is 4.42 Å². The van der Waals surface area contributed by atoms with Gasteiger partial charge in [-0.3, -0.25) is 0 Å². The first-order valence-electron chi connectivity index (χ1n) is 21.6. The van der Waals surface area contributed by atoms with E-state index in [1.807, 2.05) is 6.07 Å². The van der Waals surface area contributed by atoms with E-state index in [9.17, 15) is 0 Å². The molecule has 3 heterocycles. The molecule has 0 saturated carbocycles. The van der Waals surface area contributed by atoms with Gasteiger partial charge in [-0.1, -0.05) is 152 Å². The molecule has 3 nitrogen and oxygen atoms in total. The summed E-state index contributed by atoms with van der Waals surface area (Å²) in [4.78, 5) is 0. The zero-order chi connectivity index (χ0) is 41.4. The fourth-order valence-corrected chi connectivity index (χ4v) is 10.1. The standard InChI is InChI=1S/C60H38N2O/c1-3-16-39(17-4-1)40-18-13-21-46(37-40)61-55-29-11-8-24-52(55)59-47(25-15-30-56(59)61)43-34-42(41-32-33-58-53(38-41)50-23-9-12-31-57(50)63-58)35-44(36-43)48-26-14-27-51-49-22-7-10-28-54(49)62(60(48)51)45-19-5-2-6-20-45/h1-38H. The van der Waals surface area contributed by atoms with Crippen LogP contribution in [0.15, 0.2) is 235 Å². The summed E-state index contributed by atoms with van der Waals surface area (Å²) in [5.41, 5.74) is 18.1. The van der Waals surface area contributed by atoms with Gasteiger partial charge in [0.15, 0.2) is 0 Å². The molecule has 294 valence electrons. The lowest BCUT2D eigenvalue weighted by Crippen LogP contribution is -1.96. The molecule has 0 amide bonds. The first-order valence-corrected chi connectivity index (χ1v) is 21.6. The first kappa shape index (κ1) is 35.4. The van der Waals surface area contributed by atoms with Crippen molar-refractivity contribution >= 4 is 65.6 Å². The fourth-order valence-electron chi connectivity index (χ4n) is 10.1. The lowest BCUT2D eigenvalue weighted by molar-refractivity contribution is 0.669. The molecule has 63 heavy (non-hydrogen) atoms. The molecular formula is C60H38N2O. The number of aromatic nitrogens is 2. The normalized spacial score (nSPS) is 11.8. The lowest BCUT2D eigenvalue weighted by atomic mass is 9.90. The SMILES string of the molecule is c1ccc(-c2cccc(-n3c4ccccc4c4c(-c5cc(-c6ccc7oc8ccccc8c7c6)cc(-c6cccc7c8ccccc8n(-c8ccccc8)c67)c5)cccc43)c2)cc1. The van der Waals surface area contributed by atoms with Gasteiger partial charge in [0.2, 0.25) is 0 Å². The molecule has 0 aliphatic rings. The summed E-state index contributed by atoms with van der Waals surface area (Å²) in [6, 6.07) is 83.7. The first-order chi connectivity index (χ1) is 31.2. The van der Waals surface area contributed by atoms with Crippen LogP contribution in [-0.2, 0) is 0 Å². The summed E-state index contributed by atoms with van der Waals surface area (Å²) in [5.74, 6) is 0. The van der Waals surface area contributed by atoms with Crippen LogP contribution >= 0.6 is 0 Å². The number of rotatable bonds is 6. The molecule has 13 aromatic rings. The molecule has 13 rings (SSSR count). The Hall–Kier alpha value is -8.40. The smallest absolute Gasteiger partial charge is 0.135 e. The van der Waals surface area contributed by atoms with E-state index in [4.69, 9.17) is 4.42 Å². The molecule has 0 saturated heterocycles. The van der Waals surface area contributed by atoms with Gasteiger partial charge in [0, 0.05) is 49.3 Å². The minimum absolute atomic E-state index is 0.891. The molecule has 3 heteroatoms. The Morgan fingerprint density at radius 1 is 0.270 bits per heavy atom. The van der Waals surface area contributed by atoms with Gasteiger partial charge >= 0.3 is 0 Å². The van der Waals surface area contributed by atoms with E-state index >= 15 is 0 Å². The van der Waals surface area contributed by atoms with E-state index < -0.39 is 0 Å². The van der Waals surface area contributed by atoms with Crippen LogP contribution in [-0.4, -0.2) is 9.13 Å². The van der Waals surface area contributed by atoms with E-state index in [0.29, 0.717) is 0 Å². The second-order valence-corrected chi connectivity index (χ2v) is 16.5. The Bertz CT molecular complexity index is 3900. The van der Waals surface area contributed by atoms with Gasteiger partial charge in [0.05, 0.1) is 22.1 Å². The second-order valence-electron chi connectivity index (χ2n) is 16.5. The zero-order valence-electron chi connectivity index (χ0n) is 34.2. The summed E-state index contributed by atoms with van der Waals surface area (Å²) in [6.07, 6.45) is 0. The Morgan fingerprint density at radius 2 is 0.825 bits per heavy atom. The molecule has 0 unspecified atom stereocenters. The summed E-state index contributed by atoms with van der Waals surface area (Å²) in [7, 11) is 0. The van der Waals surface area contributed by atoms with Crippen molar-refractivity contribution in [1.82, 2.24) is 9.13 Å². The number of benzene rings is 10. The molecular weight excluding hydrogens is 765 g/mol. The topological polar surface area (TPSA) is 23.0 Å². The highest BCUT2D eigenvalue weighted by molar-refractivity contribution is 6.17. The molecule has 0 aliphatic carbocycles. The van der Waals surface area contributed by atoms with Crippen molar-refractivity contribution in [2.45, 2.75) is 0 Å². The highest BCUT2D eigenvalue weighted by Crippen LogP contribution is 2.44. The van der Waals surface area contributed by atoms with E-state index in [1.54, 1.807) is 0 Å². The van der Waals surface area contributed by atoms with Crippen LogP contribution in [0.1, 0.15) is 0 Å². The number of nitrogens with zero attached hydrogens (tertiary/aromatic N) is 2. The monoisotopic (exact) mass is 802 g/mol. The predicted octanol–water partition coefficient (Wildman–Crippen LogP) is 16.4. The Morgan fingerprint density at radius 3 is 1.67 bits per heavy atom. The van der Waals surface area contributed by atoms with E-state index in [1.165, 1.54) is 65.9 Å². The van der Waals surface area contributed by atoms with Crippen LogP contribution < -0.4 is 0 Å². The largest absolute Gasteiger partial charge is 0.456 e. The fraction of sp³-hybridized carbons (Fsp3) is 0. The van der Waals surface area contributed by atoms with Crippen LogP contribution in [0.25, 0.3) is 121 Å². The summed E-state index contributed by atoms with van der Waals surface area (Å²) in [6.45, 7) is 0. The average molecular weight is 803 g/mol. The average Bonchev–Trinajstić information content (AvgIpc) is 4.02. The van der Waals surface area contributed by atoms with Gasteiger partial charge in [-0.25, -0.2) is 0 Å². The Kier molecular flexibility index (Phi) is 7.91. The van der Waals surface area contributed by atoms with E-state index in [2.05, 4.69) is 234 Å². The Labute approximate surface area is 363 Å². The molecule has 0 radical (unpaired) electrons. The minimum atomic E-state index is 0.891. The highest BCUT2D eigenvalue weighted by atomic mass is 16.3. The van der Waals surface area contributed by atoms with Gasteiger partial charge < -0.3 is 13.6 Å². The van der Waals surface area contributed by atoms with Crippen LogP contribution in [0.2, 0.25) is 0 Å². The second kappa shape index (κ2) is 14.1. The highest BCUT2D eigenvalue weighted by Gasteiger charge is 2.21. The van der Waals surface area contributed by atoms with Crippen molar-refractivity contribution in [2.24, 2.45) is 0 Å². The summed E-state index contributed by atoms with van der Waals surface area (Å²) >= 11 is 0. The minimum Gasteiger partial charge on any atom is -0.456 e. The van der Waals surface area contributed by atoms with Gasteiger partial charge in [-0.2, -0.15) is 0 Å². The molecule has 0 atom stereocenters. The van der Waals surface area contributed by atoms with Gasteiger partial charge in [-0.15, -0.1) is 0 Å². The third-order valence-corrected chi connectivity index (χ3v) is 12.9. The molecule has 0 N–H and O–H groups in total. The maximum Gasteiger partial charge on any atom is 0.135 e. The van der Waals surface area contributed by atoms with Gasteiger partial charge in [0.1, 0.15) is 11.2 Å². The molecule has 10 aromatic carbocycles. The van der Waals surface area contributed by atoms with Crippen LogP contribution in [0.3, 0.4) is 0 Å². The third-order valence-electron chi connectivity index (χ3n) is 12.9.